The number of carbonyl (C=O) groups is 1. The van der Waals surface area contributed by atoms with E-state index in [1.165, 1.54) is 16.7 Å². The van der Waals surface area contributed by atoms with Gasteiger partial charge in [0.2, 0.25) is 0 Å². The zero-order valence-electron chi connectivity index (χ0n) is 20.6. The predicted molar refractivity (Wildman–Crippen MR) is 152 cm³/mol. The maximum absolute atomic E-state index is 13.4. The highest BCUT2D eigenvalue weighted by atomic mass is 32.2. The van der Waals surface area contributed by atoms with Crippen molar-refractivity contribution in [1.82, 2.24) is 14.7 Å². The average molecular weight is 554 g/mol. The van der Waals surface area contributed by atoms with Crippen LogP contribution >= 0.6 is 24.0 Å². The lowest BCUT2D eigenvalue weighted by Crippen LogP contribution is -2.39. The molecule has 1 amide bonds. The van der Waals surface area contributed by atoms with Crippen molar-refractivity contribution in [1.29, 1.82) is 0 Å². The third-order valence-corrected chi connectivity index (χ3v) is 9.44. The van der Waals surface area contributed by atoms with Crippen molar-refractivity contribution in [2.24, 2.45) is 0 Å². The molecule has 2 aliphatic heterocycles. The number of thiocarbonyl (C=S) groups is 1. The molecule has 0 bridgehead atoms. The molecule has 2 saturated heterocycles. The number of sulfone groups is 1. The van der Waals surface area contributed by atoms with E-state index in [-0.39, 0.29) is 17.4 Å². The van der Waals surface area contributed by atoms with Crippen LogP contribution in [0.5, 0.6) is 5.75 Å². The number of hydrogen-bond donors (Lipinski definition) is 0. The lowest BCUT2D eigenvalue weighted by molar-refractivity contribution is -0.123. The summed E-state index contributed by atoms with van der Waals surface area (Å²) < 4.78 is 32.0. The van der Waals surface area contributed by atoms with Crippen molar-refractivity contribution in [3.63, 3.8) is 0 Å². The van der Waals surface area contributed by atoms with E-state index in [9.17, 15) is 13.2 Å². The number of ether oxygens (including phenoxy) is 1. The highest BCUT2D eigenvalue weighted by molar-refractivity contribution is 8.26. The maximum Gasteiger partial charge on any atom is 0.266 e. The monoisotopic (exact) mass is 553 g/mol. The van der Waals surface area contributed by atoms with Gasteiger partial charge in [-0.3, -0.25) is 9.69 Å². The fourth-order valence-corrected chi connectivity index (χ4v) is 7.61. The van der Waals surface area contributed by atoms with Gasteiger partial charge in [0.25, 0.3) is 5.91 Å². The summed E-state index contributed by atoms with van der Waals surface area (Å²) >= 11 is 6.70. The summed E-state index contributed by atoms with van der Waals surface area (Å²) in [4.78, 5) is 15.3. The van der Waals surface area contributed by atoms with Gasteiger partial charge in [-0.2, -0.15) is 5.10 Å². The topological polar surface area (TPSA) is 81.5 Å². The van der Waals surface area contributed by atoms with Gasteiger partial charge in [0.05, 0.1) is 34.7 Å². The highest BCUT2D eigenvalue weighted by Gasteiger charge is 2.42. The van der Waals surface area contributed by atoms with Crippen LogP contribution in [0.2, 0.25) is 0 Å². The van der Waals surface area contributed by atoms with Gasteiger partial charge < -0.3 is 4.74 Å². The van der Waals surface area contributed by atoms with Crippen LogP contribution in [0.15, 0.2) is 59.6 Å². The second-order valence-corrected chi connectivity index (χ2v) is 13.1. The molecule has 192 valence electrons. The molecule has 3 aromatic rings. The molecule has 1 aromatic heterocycles. The van der Waals surface area contributed by atoms with Crippen molar-refractivity contribution < 1.29 is 17.9 Å². The molecule has 3 heterocycles. The molecule has 5 rings (SSSR count). The summed E-state index contributed by atoms with van der Waals surface area (Å²) in [5, 5.41) is 4.87. The first-order valence-corrected chi connectivity index (χ1v) is 15.2. The molecule has 37 heavy (non-hydrogen) atoms. The SMILES string of the molecule is CCCOc1ccc(-c2nn(-c3ccccc3)cc2/C=C2/SC(=S)N(C3CCS(=O)(=O)C3)C2=O)cc1C. The average Bonchev–Trinajstić information content (AvgIpc) is 3.54. The summed E-state index contributed by atoms with van der Waals surface area (Å²) in [5.41, 5.74) is 4.29. The molecule has 1 atom stereocenters. The molecule has 0 spiro atoms. The van der Waals surface area contributed by atoms with Crippen LogP contribution in [0, 0.1) is 6.92 Å². The molecule has 0 aliphatic carbocycles. The van der Waals surface area contributed by atoms with Crippen LogP contribution in [0.1, 0.15) is 30.9 Å². The van der Waals surface area contributed by atoms with E-state index in [1.54, 1.807) is 10.8 Å². The van der Waals surface area contributed by atoms with Crippen molar-refractivity contribution in [3.05, 3.63) is 70.8 Å². The summed E-state index contributed by atoms with van der Waals surface area (Å²) in [7, 11) is -3.15. The van der Waals surface area contributed by atoms with Crippen LogP contribution in [0.4, 0.5) is 0 Å². The summed E-state index contributed by atoms with van der Waals surface area (Å²) in [6, 6.07) is 15.3. The number of benzene rings is 2. The van der Waals surface area contributed by atoms with Gasteiger partial charge in [-0.1, -0.05) is 49.1 Å². The highest BCUT2D eigenvalue weighted by Crippen LogP contribution is 2.38. The van der Waals surface area contributed by atoms with Crippen LogP contribution in [-0.2, 0) is 14.6 Å². The zero-order valence-corrected chi connectivity index (χ0v) is 23.0. The standard InChI is InChI=1S/C27H27N3O4S3/c1-3-12-34-23-10-9-19(14-18(23)2)25-20(16-29(28-25)21-7-5-4-6-8-21)15-24-26(31)30(27(35)36-24)22-11-13-37(32,33)17-22/h4-10,14-16,22H,3,11-13,17H2,1-2H3/b24-15+. The Hall–Kier alpha value is -2.95. The van der Waals surface area contributed by atoms with E-state index < -0.39 is 15.9 Å². The largest absolute Gasteiger partial charge is 0.493 e. The van der Waals surface area contributed by atoms with Gasteiger partial charge >= 0.3 is 0 Å². The second kappa shape index (κ2) is 10.4. The van der Waals surface area contributed by atoms with E-state index in [0.29, 0.717) is 22.3 Å². The summed E-state index contributed by atoms with van der Waals surface area (Å²) in [6.45, 7) is 4.72. The molecule has 0 saturated carbocycles. The van der Waals surface area contributed by atoms with Crippen molar-refractivity contribution in [3.8, 4) is 22.7 Å². The Morgan fingerprint density at radius 2 is 2.00 bits per heavy atom. The van der Waals surface area contributed by atoms with Gasteiger partial charge in [0, 0.05) is 17.3 Å². The lowest BCUT2D eigenvalue weighted by atomic mass is 10.0. The van der Waals surface area contributed by atoms with Gasteiger partial charge in [0.15, 0.2) is 9.84 Å². The molecule has 1 unspecified atom stereocenters. The first-order chi connectivity index (χ1) is 17.8. The molecule has 0 radical (unpaired) electrons. The number of aromatic nitrogens is 2. The number of hydrogen-bond acceptors (Lipinski definition) is 7. The van der Waals surface area contributed by atoms with E-state index in [2.05, 4.69) is 6.92 Å². The van der Waals surface area contributed by atoms with E-state index >= 15 is 0 Å². The van der Waals surface area contributed by atoms with Gasteiger partial charge in [-0.15, -0.1) is 0 Å². The zero-order chi connectivity index (χ0) is 26.2. The molecule has 10 heteroatoms. The van der Waals surface area contributed by atoms with Crippen molar-refractivity contribution in [2.45, 2.75) is 32.7 Å². The van der Waals surface area contributed by atoms with E-state index in [1.807, 2.05) is 61.7 Å². The molecule has 7 nitrogen and oxygen atoms in total. The minimum Gasteiger partial charge on any atom is -0.493 e. The second-order valence-electron chi connectivity index (χ2n) is 9.15. The smallest absolute Gasteiger partial charge is 0.266 e. The third-order valence-electron chi connectivity index (χ3n) is 6.36. The number of amides is 1. The van der Waals surface area contributed by atoms with Crippen molar-refractivity contribution in [2.75, 3.05) is 18.1 Å². The van der Waals surface area contributed by atoms with Crippen LogP contribution in [0.25, 0.3) is 23.0 Å². The fraction of sp³-hybridized carbons (Fsp3) is 0.296. The lowest BCUT2D eigenvalue weighted by Gasteiger charge is -2.20. The molecular weight excluding hydrogens is 527 g/mol. The molecule has 2 aromatic carbocycles. The first-order valence-electron chi connectivity index (χ1n) is 12.1. The predicted octanol–water partition coefficient (Wildman–Crippen LogP) is 5.02. The summed E-state index contributed by atoms with van der Waals surface area (Å²) in [5.74, 6) is 0.617. The number of rotatable bonds is 7. The maximum atomic E-state index is 13.4. The molecule has 2 aliphatic rings. The Morgan fingerprint density at radius 1 is 1.22 bits per heavy atom. The van der Waals surface area contributed by atoms with E-state index in [4.69, 9.17) is 22.1 Å². The molecule has 2 fully saturated rings. The normalized spacial score (nSPS) is 20.2. The molecular formula is C27H27N3O4S3. The van der Waals surface area contributed by atoms with Gasteiger partial charge in [-0.05, 0) is 61.7 Å². The first kappa shape index (κ1) is 25.7. The minimum atomic E-state index is -3.15. The number of carbonyl (C=O) groups excluding carboxylic acids is 1. The van der Waals surface area contributed by atoms with Crippen molar-refractivity contribution >= 4 is 50.1 Å². The minimum absolute atomic E-state index is 0.0460. The Balaban J connectivity index is 1.53. The van der Waals surface area contributed by atoms with Crippen LogP contribution in [-0.4, -0.2) is 57.5 Å². The van der Waals surface area contributed by atoms with E-state index in [0.717, 1.165) is 40.2 Å². The fourth-order valence-electron chi connectivity index (χ4n) is 4.52. The summed E-state index contributed by atoms with van der Waals surface area (Å²) in [6.07, 6.45) is 5.04. The Bertz CT molecular complexity index is 1500. The third kappa shape index (κ3) is 5.37. The van der Waals surface area contributed by atoms with Crippen LogP contribution in [0.3, 0.4) is 0 Å². The number of nitrogens with zero attached hydrogens (tertiary/aromatic N) is 3. The van der Waals surface area contributed by atoms with Gasteiger partial charge in [0.1, 0.15) is 15.8 Å². The Morgan fingerprint density at radius 3 is 2.68 bits per heavy atom. The Kier molecular flexibility index (Phi) is 7.24. The van der Waals surface area contributed by atoms with Gasteiger partial charge in [-0.25, -0.2) is 13.1 Å². The molecule has 0 N–H and O–H groups in total. The number of para-hydroxylation sites is 1. The Labute approximate surface area is 226 Å². The quantitative estimate of drug-likeness (QED) is 0.300. The number of aryl methyl sites for hydroxylation is 1. The van der Waals surface area contributed by atoms with Crippen LogP contribution < -0.4 is 4.74 Å². The number of thioether (sulfide) groups is 1.